The molecule has 0 aromatic rings. The van der Waals surface area contributed by atoms with Crippen LogP contribution in [0.1, 0.15) is 41.0 Å². The molecular formula is C15H33IN4O2. The minimum Gasteiger partial charge on any atom is -0.379 e. The summed E-state index contributed by atoms with van der Waals surface area (Å²) < 4.78 is 5.49. The van der Waals surface area contributed by atoms with E-state index in [1.165, 1.54) is 0 Å². The van der Waals surface area contributed by atoms with Gasteiger partial charge in [0.2, 0.25) is 5.91 Å². The van der Waals surface area contributed by atoms with E-state index in [2.05, 4.69) is 41.7 Å². The molecule has 0 saturated carbocycles. The van der Waals surface area contributed by atoms with Crippen molar-refractivity contribution in [2.24, 2.45) is 10.4 Å². The molecule has 0 aromatic heterocycles. The number of guanidine groups is 1. The number of rotatable bonds is 7. The molecule has 0 aliphatic rings. The first-order valence-corrected chi connectivity index (χ1v) is 7.47. The number of carbonyl (C=O) groups excluding carboxylic acids is 1. The molecule has 0 fully saturated rings. The first-order chi connectivity index (χ1) is 9.70. The number of nitrogens with zero attached hydrogens (tertiary/aromatic N) is 1. The molecule has 0 rings (SSSR count). The molecule has 0 bridgehead atoms. The van der Waals surface area contributed by atoms with Gasteiger partial charge in [-0.1, -0.05) is 20.8 Å². The summed E-state index contributed by atoms with van der Waals surface area (Å²) in [6.07, 6.45) is 0.506. The first kappa shape index (κ1) is 23.7. The SMILES string of the molecule is CN=C(NCCC(=O)NC(C)C)NCC(OC)C(C)(C)C.I. The molecule has 1 atom stereocenters. The summed E-state index contributed by atoms with van der Waals surface area (Å²) in [5.74, 6) is 0.719. The zero-order valence-corrected chi connectivity index (χ0v) is 17.3. The van der Waals surface area contributed by atoms with Crippen LogP contribution in [0.5, 0.6) is 0 Å². The lowest BCUT2D eigenvalue weighted by Crippen LogP contribution is -2.46. The molecule has 1 amide bonds. The van der Waals surface area contributed by atoms with Gasteiger partial charge in [-0.2, -0.15) is 0 Å². The Morgan fingerprint density at radius 2 is 1.82 bits per heavy atom. The van der Waals surface area contributed by atoms with Gasteiger partial charge in [-0.15, -0.1) is 24.0 Å². The molecular weight excluding hydrogens is 395 g/mol. The molecule has 0 spiro atoms. The van der Waals surface area contributed by atoms with Crippen LogP contribution >= 0.6 is 24.0 Å². The molecule has 7 heteroatoms. The summed E-state index contributed by atoms with van der Waals surface area (Å²) in [5, 5.41) is 9.21. The van der Waals surface area contributed by atoms with Crippen molar-refractivity contribution >= 4 is 35.8 Å². The minimum atomic E-state index is 0. The highest BCUT2D eigenvalue weighted by molar-refractivity contribution is 14.0. The molecule has 0 aliphatic heterocycles. The number of amides is 1. The maximum Gasteiger partial charge on any atom is 0.221 e. The van der Waals surface area contributed by atoms with Gasteiger partial charge >= 0.3 is 0 Å². The van der Waals surface area contributed by atoms with E-state index in [1.54, 1.807) is 14.2 Å². The third-order valence-corrected chi connectivity index (χ3v) is 3.02. The number of ether oxygens (including phenoxy) is 1. The van der Waals surface area contributed by atoms with E-state index in [0.717, 1.165) is 0 Å². The lowest BCUT2D eigenvalue weighted by Gasteiger charge is -2.30. The second-order valence-electron chi connectivity index (χ2n) is 6.44. The van der Waals surface area contributed by atoms with Crippen molar-refractivity contribution in [3.63, 3.8) is 0 Å². The Balaban J connectivity index is 0. The lowest BCUT2D eigenvalue weighted by atomic mass is 9.89. The molecule has 132 valence electrons. The Labute approximate surface area is 152 Å². The highest BCUT2D eigenvalue weighted by Gasteiger charge is 2.24. The third-order valence-electron chi connectivity index (χ3n) is 3.02. The highest BCUT2D eigenvalue weighted by Crippen LogP contribution is 2.20. The van der Waals surface area contributed by atoms with E-state index in [9.17, 15) is 4.79 Å². The van der Waals surface area contributed by atoms with E-state index in [-0.39, 0.29) is 47.4 Å². The van der Waals surface area contributed by atoms with Gasteiger partial charge in [0.1, 0.15) is 0 Å². The van der Waals surface area contributed by atoms with E-state index in [0.29, 0.717) is 25.5 Å². The molecule has 0 saturated heterocycles. The maximum atomic E-state index is 11.5. The summed E-state index contributed by atoms with van der Waals surface area (Å²) in [7, 11) is 3.42. The number of hydrogen-bond donors (Lipinski definition) is 3. The fourth-order valence-electron chi connectivity index (χ4n) is 1.84. The molecule has 0 aromatic carbocycles. The topological polar surface area (TPSA) is 74.8 Å². The van der Waals surface area contributed by atoms with Crippen molar-refractivity contribution in [2.75, 3.05) is 27.2 Å². The van der Waals surface area contributed by atoms with Gasteiger partial charge in [0.15, 0.2) is 5.96 Å². The van der Waals surface area contributed by atoms with Gasteiger partial charge < -0.3 is 20.7 Å². The average molecular weight is 428 g/mol. The molecule has 1 unspecified atom stereocenters. The van der Waals surface area contributed by atoms with Gasteiger partial charge in [-0.3, -0.25) is 9.79 Å². The number of aliphatic imine (C=N–C) groups is 1. The Morgan fingerprint density at radius 3 is 2.23 bits per heavy atom. The lowest BCUT2D eigenvalue weighted by molar-refractivity contribution is -0.121. The van der Waals surface area contributed by atoms with E-state index < -0.39 is 0 Å². The number of halogens is 1. The molecule has 0 aliphatic carbocycles. The van der Waals surface area contributed by atoms with Gasteiger partial charge in [0.25, 0.3) is 0 Å². The first-order valence-electron chi connectivity index (χ1n) is 7.47. The van der Waals surface area contributed by atoms with Crippen LogP contribution in [-0.2, 0) is 9.53 Å². The van der Waals surface area contributed by atoms with E-state index >= 15 is 0 Å². The molecule has 0 heterocycles. The van der Waals surface area contributed by atoms with Crippen LogP contribution < -0.4 is 16.0 Å². The van der Waals surface area contributed by atoms with Crippen LogP contribution in [0.25, 0.3) is 0 Å². The van der Waals surface area contributed by atoms with Crippen LogP contribution in [0.15, 0.2) is 4.99 Å². The smallest absolute Gasteiger partial charge is 0.221 e. The zero-order chi connectivity index (χ0) is 16.5. The van der Waals surface area contributed by atoms with E-state index in [1.807, 2.05) is 13.8 Å². The molecule has 22 heavy (non-hydrogen) atoms. The van der Waals surface area contributed by atoms with Crippen LogP contribution in [0, 0.1) is 5.41 Å². The largest absolute Gasteiger partial charge is 0.379 e. The van der Waals surface area contributed by atoms with Crippen molar-refractivity contribution in [3.8, 4) is 0 Å². The molecule has 0 radical (unpaired) electrons. The van der Waals surface area contributed by atoms with Crippen molar-refractivity contribution in [2.45, 2.75) is 53.2 Å². The Hall–Kier alpha value is -0.570. The Bertz CT molecular complexity index is 341. The predicted octanol–water partition coefficient (Wildman–Crippen LogP) is 1.75. The molecule has 6 nitrogen and oxygen atoms in total. The van der Waals surface area contributed by atoms with Gasteiger partial charge in [-0.05, 0) is 19.3 Å². The number of methoxy groups -OCH3 is 1. The van der Waals surface area contributed by atoms with Crippen LogP contribution in [-0.4, -0.2) is 51.3 Å². The monoisotopic (exact) mass is 428 g/mol. The second kappa shape index (κ2) is 11.9. The van der Waals surface area contributed by atoms with Crippen molar-refractivity contribution in [1.29, 1.82) is 0 Å². The van der Waals surface area contributed by atoms with Crippen molar-refractivity contribution in [1.82, 2.24) is 16.0 Å². The van der Waals surface area contributed by atoms with Gasteiger partial charge in [0.05, 0.1) is 6.10 Å². The fraction of sp³-hybridized carbons (Fsp3) is 0.867. The van der Waals surface area contributed by atoms with Crippen LogP contribution in [0.4, 0.5) is 0 Å². The zero-order valence-electron chi connectivity index (χ0n) is 14.9. The third kappa shape index (κ3) is 11.1. The summed E-state index contributed by atoms with van der Waals surface area (Å²) >= 11 is 0. The Kier molecular flexibility index (Phi) is 12.8. The normalized spacial score (nSPS) is 13.4. The maximum absolute atomic E-state index is 11.5. The summed E-state index contributed by atoms with van der Waals surface area (Å²) in [4.78, 5) is 15.7. The van der Waals surface area contributed by atoms with Gasteiger partial charge in [-0.25, -0.2) is 0 Å². The number of nitrogens with one attached hydrogen (secondary N) is 3. The van der Waals surface area contributed by atoms with Gasteiger partial charge in [0, 0.05) is 39.7 Å². The molecule has 3 N–H and O–H groups in total. The Morgan fingerprint density at radius 1 is 1.23 bits per heavy atom. The van der Waals surface area contributed by atoms with Crippen molar-refractivity contribution in [3.05, 3.63) is 0 Å². The average Bonchev–Trinajstić information content (AvgIpc) is 2.34. The fourth-order valence-corrected chi connectivity index (χ4v) is 1.84. The van der Waals surface area contributed by atoms with Crippen LogP contribution in [0.3, 0.4) is 0 Å². The minimum absolute atomic E-state index is 0. The summed E-state index contributed by atoms with van der Waals surface area (Å²) in [6, 6.07) is 0.171. The summed E-state index contributed by atoms with van der Waals surface area (Å²) in [5.41, 5.74) is 0.0533. The van der Waals surface area contributed by atoms with Crippen LogP contribution in [0.2, 0.25) is 0 Å². The quantitative estimate of drug-likeness (QED) is 0.328. The predicted molar refractivity (Wildman–Crippen MR) is 103 cm³/mol. The number of carbonyl (C=O) groups is 1. The highest BCUT2D eigenvalue weighted by atomic mass is 127. The standard InChI is InChI=1S/C15H32N4O2.HI/c1-11(2)19-13(20)8-9-17-14(16-6)18-10-12(21-7)15(3,4)5;/h11-12H,8-10H2,1-7H3,(H,19,20)(H2,16,17,18);1H. The van der Waals surface area contributed by atoms with Crippen molar-refractivity contribution < 1.29 is 9.53 Å². The second-order valence-corrected chi connectivity index (χ2v) is 6.44. The van der Waals surface area contributed by atoms with E-state index in [4.69, 9.17) is 4.74 Å². The summed E-state index contributed by atoms with van der Waals surface area (Å²) in [6.45, 7) is 11.5. The number of hydrogen-bond acceptors (Lipinski definition) is 3.